The van der Waals surface area contributed by atoms with E-state index in [2.05, 4.69) is 9.97 Å². The molecule has 0 spiro atoms. The smallest absolute Gasteiger partial charge is 0.342 e. The first-order valence-corrected chi connectivity index (χ1v) is 9.30. The summed E-state index contributed by atoms with van der Waals surface area (Å²) >= 11 is 0. The van der Waals surface area contributed by atoms with Crippen molar-refractivity contribution in [3.8, 4) is 22.8 Å². The summed E-state index contributed by atoms with van der Waals surface area (Å²) in [5.74, 6) is 1.02. The molecular formula is C22H23N3O4. The second-order valence-corrected chi connectivity index (χ2v) is 6.15. The Balaban J connectivity index is 1.76. The fourth-order valence-electron chi connectivity index (χ4n) is 2.82. The van der Waals surface area contributed by atoms with Crippen LogP contribution in [0.15, 0.2) is 54.6 Å². The summed E-state index contributed by atoms with van der Waals surface area (Å²) in [5, 5.41) is 0. The number of nitrogens with two attached hydrogens (primary N) is 1. The SMILES string of the molecule is CCOC(=O)c1c(C)nc(N)nc1-c1cccc(OCCOc2ccccc2)c1. The standard InChI is InChI=1S/C22H23N3O4/c1-3-27-21(26)19-15(2)24-22(23)25-20(19)16-8-7-11-18(14-16)29-13-12-28-17-9-5-4-6-10-17/h4-11,14H,3,12-13H2,1-2H3,(H2,23,24,25). The molecule has 0 aliphatic carbocycles. The van der Waals surface area contributed by atoms with E-state index in [0.717, 1.165) is 5.75 Å². The molecule has 29 heavy (non-hydrogen) atoms. The number of benzene rings is 2. The summed E-state index contributed by atoms with van der Waals surface area (Å²) < 4.78 is 16.6. The number of anilines is 1. The van der Waals surface area contributed by atoms with E-state index in [0.29, 0.717) is 41.5 Å². The monoisotopic (exact) mass is 393 g/mol. The van der Waals surface area contributed by atoms with Crippen molar-refractivity contribution in [1.82, 2.24) is 9.97 Å². The summed E-state index contributed by atoms with van der Waals surface area (Å²) in [5.41, 5.74) is 7.68. The van der Waals surface area contributed by atoms with E-state index in [9.17, 15) is 4.79 Å². The predicted octanol–water partition coefficient (Wildman–Crippen LogP) is 3.67. The molecule has 0 aliphatic rings. The van der Waals surface area contributed by atoms with E-state index in [1.54, 1.807) is 19.9 Å². The molecule has 0 fully saturated rings. The number of esters is 1. The number of nitrogens with zero attached hydrogens (tertiary/aromatic N) is 2. The van der Waals surface area contributed by atoms with Crippen LogP contribution >= 0.6 is 0 Å². The first-order valence-electron chi connectivity index (χ1n) is 9.30. The molecule has 7 heteroatoms. The molecule has 1 aromatic heterocycles. The van der Waals surface area contributed by atoms with Crippen LogP contribution < -0.4 is 15.2 Å². The van der Waals surface area contributed by atoms with Gasteiger partial charge in [-0.3, -0.25) is 0 Å². The quantitative estimate of drug-likeness (QED) is 0.461. The van der Waals surface area contributed by atoms with Crippen LogP contribution in [0.4, 0.5) is 5.95 Å². The van der Waals surface area contributed by atoms with Crippen molar-refractivity contribution in [3.05, 3.63) is 65.9 Å². The highest BCUT2D eigenvalue weighted by atomic mass is 16.5. The highest BCUT2D eigenvalue weighted by molar-refractivity contribution is 5.97. The van der Waals surface area contributed by atoms with Gasteiger partial charge in [-0.1, -0.05) is 30.3 Å². The maximum absolute atomic E-state index is 12.4. The van der Waals surface area contributed by atoms with Gasteiger partial charge in [-0.2, -0.15) is 0 Å². The number of hydrogen-bond donors (Lipinski definition) is 1. The maximum atomic E-state index is 12.4. The predicted molar refractivity (Wildman–Crippen MR) is 110 cm³/mol. The molecule has 2 aromatic carbocycles. The van der Waals surface area contributed by atoms with Crippen molar-refractivity contribution in [3.63, 3.8) is 0 Å². The lowest BCUT2D eigenvalue weighted by molar-refractivity contribution is 0.0525. The minimum absolute atomic E-state index is 0.0909. The average molecular weight is 393 g/mol. The molecule has 0 atom stereocenters. The molecule has 0 unspecified atom stereocenters. The summed E-state index contributed by atoms with van der Waals surface area (Å²) in [6.07, 6.45) is 0. The normalized spacial score (nSPS) is 10.4. The number of aryl methyl sites for hydroxylation is 1. The molecule has 1 heterocycles. The average Bonchev–Trinajstić information content (AvgIpc) is 2.72. The van der Waals surface area contributed by atoms with Crippen LogP contribution in [0.3, 0.4) is 0 Å². The third-order valence-corrected chi connectivity index (χ3v) is 4.06. The van der Waals surface area contributed by atoms with E-state index < -0.39 is 5.97 Å². The van der Waals surface area contributed by atoms with Crippen LogP contribution in [0.2, 0.25) is 0 Å². The number of aromatic nitrogens is 2. The first-order chi connectivity index (χ1) is 14.1. The van der Waals surface area contributed by atoms with Gasteiger partial charge in [-0.25, -0.2) is 14.8 Å². The van der Waals surface area contributed by atoms with Crippen LogP contribution in [0.5, 0.6) is 11.5 Å². The zero-order chi connectivity index (χ0) is 20.6. The number of para-hydroxylation sites is 1. The van der Waals surface area contributed by atoms with Gasteiger partial charge in [0.2, 0.25) is 5.95 Å². The molecule has 7 nitrogen and oxygen atoms in total. The minimum Gasteiger partial charge on any atom is -0.490 e. The van der Waals surface area contributed by atoms with E-state index in [-0.39, 0.29) is 12.6 Å². The van der Waals surface area contributed by atoms with Gasteiger partial charge < -0.3 is 19.9 Å². The van der Waals surface area contributed by atoms with Crippen molar-refractivity contribution < 1.29 is 19.0 Å². The molecule has 3 aromatic rings. The highest BCUT2D eigenvalue weighted by Gasteiger charge is 2.20. The Morgan fingerprint density at radius 1 is 0.966 bits per heavy atom. The number of nitrogen functional groups attached to an aromatic ring is 1. The van der Waals surface area contributed by atoms with Gasteiger partial charge in [0.05, 0.1) is 18.0 Å². The molecule has 2 N–H and O–H groups in total. The Morgan fingerprint density at radius 2 is 1.66 bits per heavy atom. The molecular weight excluding hydrogens is 370 g/mol. The summed E-state index contributed by atoms with van der Waals surface area (Å²) in [7, 11) is 0. The highest BCUT2D eigenvalue weighted by Crippen LogP contribution is 2.28. The lowest BCUT2D eigenvalue weighted by Crippen LogP contribution is -2.13. The van der Waals surface area contributed by atoms with Crippen molar-refractivity contribution in [2.75, 3.05) is 25.6 Å². The molecule has 150 valence electrons. The van der Waals surface area contributed by atoms with E-state index in [1.807, 2.05) is 48.5 Å². The van der Waals surface area contributed by atoms with Crippen LogP contribution in [-0.4, -0.2) is 35.8 Å². The molecule has 0 radical (unpaired) electrons. The van der Waals surface area contributed by atoms with Crippen molar-refractivity contribution in [1.29, 1.82) is 0 Å². The van der Waals surface area contributed by atoms with Gasteiger partial charge in [-0.05, 0) is 38.1 Å². The largest absolute Gasteiger partial charge is 0.490 e. The zero-order valence-electron chi connectivity index (χ0n) is 16.4. The van der Waals surface area contributed by atoms with Gasteiger partial charge in [-0.15, -0.1) is 0 Å². The van der Waals surface area contributed by atoms with Gasteiger partial charge in [0.15, 0.2) is 0 Å². The Hall–Kier alpha value is -3.61. The Bertz CT molecular complexity index is 977. The van der Waals surface area contributed by atoms with Crippen LogP contribution in [0.1, 0.15) is 23.0 Å². The second kappa shape index (κ2) is 9.54. The number of rotatable bonds is 8. The third kappa shape index (κ3) is 5.22. The van der Waals surface area contributed by atoms with Gasteiger partial charge >= 0.3 is 5.97 Å². The van der Waals surface area contributed by atoms with Crippen molar-refractivity contribution in [2.45, 2.75) is 13.8 Å². The fraction of sp³-hybridized carbons (Fsp3) is 0.227. The number of ether oxygens (including phenoxy) is 3. The van der Waals surface area contributed by atoms with Crippen molar-refractivity contribution in [2.24, 2.45) is 0 Å². The lowest BCUT2D eigenvalue weighted by atomic mass is 10.0. The lowest BCUT2D eigenvalue weighted by Gasteiger charge is -2.13. The van der Waals surface area contributed by atoms with E-state index in [1.165, 1.54) is 0 Å². The van der Waals surface area contributed by atoms with E-state index in [4.69, 9.17) is 19.9 Å². The molecule has 0 saturated heterocycles. The van der Waals surface area contributed by atoms with E-state index >= 15 is 0 Å². The summed E-state index contributed by atoms with van der Waals surface area (Å²) in [6.45, 7) is 4.48. The first kappa shape index (κ1) is 20.1. The minimum atomic E-state index is -0.484. The second-order valence-electron chi connectivity index (χ2n) is 6.15. The zero-order valence-corrected chi connectivity index (χ0v) is 16.4. The summed E-state index contributed by atoms with van der Waals surface area (Å²) in [4.78, 5) is 20.8. The van der Waals surface area contributed by atoms with Crippen molar-refractivity contribution >= 4 is 11.9 Å². The number of carbonyl (C=O) groups is 1. The van der Waals surface area contributed by atoms with Crippen LogP contribution in [0.25, 0.3) is 11.3 Å². The van der Waals surface area contributed by atoms with Gasteiger partial charge in [0.1, 0.15) is 30.3 Å². The maximum Gasteiger partial charge on any atom is 0.342 e. The van der Waals surface area contributed by atoms with Gasteiger partial charge in [0, 0.05) is 5.56 Å². The topological polar surface area (TPSA) is 96.6 Å². The molecule has 0 bridgehead atoms. The fourth-order valence-corrected chi connectivity index (χ4v) is 2.82. The Morgan fingerprint density at radius 3 is 2.38 bits per heavy atom. The molecule has 3 rings (SSSR count). The van der Waals surface area contributed by atoms with Gasteiger partial charge in [0.25, 0.3) is 0 Å². The molecule has 0 amide bonds. The molecule has 0 saturated carbocycles. The Labute approximate surface area is 169 Å². The molecule has 0 aliphatic heterocycles. The summed E-state index contributed by atoms with van der Waals surface area (Å²) in [6, 6.07) is 16.8. The third-order valence-electron chi connectivity index (χ3n) is 4.06. The van der Waals surface area contributed by atoms with Crippen LogP contribution in [-0.2, 0) is 4.74 Å². The van der Waals surface area contributed by atoms with Crippen LogP contribution in [0, 0.1) is 6.92 Å². The number of hydrogen-bond acceptors (Lipinski definition) is 7. The Kier molecular flexibility index (Phi) is 6.63. The number of carbonyl (C=O) groups excluding carboxylic acids is 1.